The van der Waals surface area contributed by atoms with Gasteiger partial charge in [0.1, 0.15) is 0 Å². The molecule has 0 unspecified atom stereocenters. The van der Waals surface area contributed by atoms with Crippen molar-refractivity contribution in [1.29, 1.82) is 0 Å². The highest BCUT2D eigenvalue weighted by atomic mass is 15.1. The van der Waals surface area contributed by atoms with Crippen LogP contribution in [-0.4, -0.2) is 40.6 Å². The van der Waals surface area contributed by atoms with Gasteiger partial charge in [0.05, 0.1) is 11.2 Å². The van der Waals surface area contributed by atoms with Gasteiger partial charge in [-0.05, 0) is 63.1 Å². The Hall–Kier alpha value is -2.69. The molecule has 4 nitrogen and oxygen atoms in total. The number of nitrogens with one attached hydrogen (secondary N) is 1. The van der Waals surface area contributed by atoms with Crippen LogP contribution < -0.4 is 5.32 Å². The summed E-state index contributed by atoms with van der Waals surface area (Å²) in [5, 5.41) is 6.29. The van der Waals surface area contributed by atoms with Gasteiger partial charge in [-0.25, -0.2) is 0 Å². The second kappa shape index (κ2) is 11.3. The lowest BCUT2D eigenvalue weighted by molar-refractivity contribution is 0.298. The molecule has 2 heterocycles. The molecule has 0 spiro atoms. The molecule has 0 aliphatic rings. The molecule has 0 saturated heterocycles. The van der Waals surface area contributed by atoms with E-state index in [0.29, 0.717) is 0 Å². The normalized spacial score (nSPS) is 11.7. The van der Waals surface area contributed by atoms with Gasteiger partial charge in [0.2, 0.25) is 0 Å². The smallest absolute Gasteiger partial charge is 0.0784 e. The third-order valence-electron chi connectivity index (χ3n) is 6.46. The third kappa shape index (κ3) is 5.20. The summed E-state index contributed by atoms with van der Waals surface area (Å²) in [6.07, 6.45) is 5.34. The first-order valence-corrected chi connectivity index (χ1v) is 12.1. The molecule has 1 N–H and O–H groups in total. The highest BCUT2D eigenvalue weighted by Crippen LogP contribution is 2.30. The molecule has 0 aliphatic carbocycles. The summed E-state index contributed by atoms with van der Waals surface area (Å²) in [5.41, 5.74) is 5.16. The van der Waals surface area contributed by atoms with Gasteiger partial charge >= 0.3 is 0 Å². The number of benzene rings is 2. The number of rotatable bonds is 12. The fraction of sp³-hybridized carbons (Fsp3) is 0.393. The number of para-hydroxylation sites is 1. The van der Waals surface area contributed by atoms with Crippen molar-refractivity contribution in [2.75, 3.05) is 26.2 Å². The van der Waals surface area contributed by atoms with Crippen LogP contribution >= 0.6 is 0 Å². The van der Waals surface area contributed by atoms with Gasteiger partial charge in [-0.3, -0.25) is 4.98 Å². The molecule has 0 bridgehead atoms. The van der Waals surface area contributed by atoms with Crippen molar-refractivity contribution in [2.24, 2.45) is 0 Å². The maximum absolute atomic E-state index is 4.80. The number of hydrogen-bond acceptors (Lipinski definition) is 3. The Bertz CT molecular complexity index is 1110. The SMILES string of the molecule is CCN(CC)CCCNCc1nccc2c3ccccc3n(CCCc3ccccc3)c12. The molecular weight excluding hydrogens is 392 g/mol. The van der Waals surface area contributed by atoms with Crippen LogP contribution in [0.15, 0.2) is 66.9 Å². The van der Waals surface area contributed by atoms with Crippen LogP contribution in [0.1, 0.15) is 37.9 Å². The Morgan fingerprint density at radius 2 is 1.66 bits per heavy atom. The lowest BCUT2D eigenvalue weighted by Gasteiger charge is -2.17. The number of pyridine rings is 1. The average Bonchev–Trinajstić information content (AvgIpc) is 3.17. The van der Waals surface area contributed by atoms with E-state index in [1.54, 1.807) is 0 Å². The first-order chi connectivity index (χ1) is 15.8. The Morgan fingerprint density at radius 1 is 0.875 bits per heavy atom. The van der Waals surface area contributed by atoms with Crippen molar-refractivity contribution in [3.63, 3.8) is 0 Å². The van der Waals surface area contributed by atoms with E-state index in [2.05, 4.69) is 89.3 Å². The molecule has 2 aromatic carbocycles. The molecule has 0 atom stereocenters. The lowest BCUT2D eigenvalue weighted by atomic mass is 10.1. The molecule has 0 amide bonds. The molecule has 4 aromatic rings. The molecule has 0 saturated carbocycles. The summed E-state index contributed by atoms with van der Waals surface area (Å²) in [7, 11) is 0. The molecule has 0 fully saturated rings. The maximum Gasteiger partial charge on any atom is 0.0784 e. The molecule has 4 rings (SSSR count). The average molecular weight is 429 g/mol. The maximum atomic E-state index is 4.80. The van der Waals surface area contributed by atoms with E-state index < -0.39 is 0 Å². The van der Waals surface area contributed by atoms with E-state index in [0.717, 1.165) is 64.2 Å². The third-order valence-corrected chi connectivity index (χ3v) is 6.46. The van der Waals surface area contributed by atoms with Gasteiger partial charge in [-0.15, -0.1) is 0 Å². The number of fused-ring (bicyclic) bond motifs is 3. The van der Waals surface area contributed by atoms with Gasteiger partial charge < -0.3 is 14.8 Å². The lowest BCUT2D eigenvalue weighted by Crippen LogP contribution is -2.27. The summed E-state index contributed by atoms with van der Waals surface area (Å²) >= 11 is 0. The molecule has 0 aliphatic heterocycles. The van der Waals surface area contributed by atoms with Crippen molar-refractivity contribution < 1.29 is 0 Å². The summed E-state index contributed by atoms with van der Waals surface area (Å²) < 4.78 is 2.49. The van der Waals surface area contributed by atoms with E-state index in [1.807, 2.05) is 6.20 Å². The second-order valence-electron chi connectivity index (χ2n) is 8.47. The van der Waals surface area contributed by atoms with Gasteiger partial charge in [0, 0.05) is 35.6 Å². The Balaban J connectivity index is 1.52. The summed E-state index contributed by atoms with van der Waals surface area (Å²) in [6, 6.07) is 21.7. The summed E-state index contributed by atoms with van der Waals surface area (Å²) in [5.74, 6) is 0. The minimum absolute atomic E-state index is 0.810. The standard InChI is InChI=1S/C28H36N4/c1-3-31(4-2)20-11-18-29-22-26-28-25(17-19-30-26)24-15-8-9-16-27(24)32(28)21-10-14-23-12-6-5-7-13-23/h5-9,12-13,15-17,19,29H,3-4,10-11,14,18,20-22H2,1-2H3. The predicted octanol–water partition coefficient (Wildman–Crippen LogP) is 5.64. The van der Waals surface area contributed by atoms with Gasteiger partial charge in [-0.1, -0.05) is 62.4 Å². The highest BCUT2D eigenvalue weighted by molar-refractivity contribution is 6.08. The fourth-order valence-corrected chi connectivity index (χ4v) is 4.69. The van der Waals surface area contributed by atoms with Crippen LogP contribution in [0, 0.1) is 0 Å². The zero-order valence-corrected chi connectivity index (χ0v) is 19.6. The first kappa shape index (κ1) is 22.5. The Morgan fingerprint density at radius 3 is 2.47 bits per heavy atom. The highest BCUT2D eigenvalue weighted by Gasteiger charge is 2.14. The molecular formula is C28H36N4. The van der Waals surface area contributed by atoms with E-state index in [1.165, 1.54) is 27.4 Å². The number of aryl methyl sites for hydroxylation is 2. The largest absolute Gasteiger partial charge is 0.339 e. The van der Waals surface area contributed by atoms with Crippen LogP contribution in [0.5, 0.6) is 0 Å². The van der Waals surface area contributed by atoms with Crippen LogP contribution in [0.25, 0.3) is 21.8 Å². The van der Waals surface area contributed by atoms with E-state index in [9.17, 15) is 0 Å². The molecule has 32 heavy (non-hydrogen) atoms. The molecule has 0 radical (unpaired) electrons. The molecule has 168 valence electrons. The fourth-order valence-electron chi connectivity index (χ4n) is 4.69. The topological polar surface area (TPSA) is 33.1 Å². The zero-order valence-electron chi connectivity index (χ0n) is 19.6. The van der Waals surface area contributed by atoms with Crippen molar-refractivity contribution in [1.82, 2.24) is 19.8 Å². The Kier molecular flexibility index (Phi) is 7.92. The predicted molar refractivity (Wildman–Crippen MR) is 136 cm³/mol. The van der Waals surface area contributed by atoms with Crippen LogP contribution in [-0.2, 0) is 19.5 Å². The first-order valence-electron chi connectivity index (χ1n) is 12.1. The van der Waals surface area contributed by atoms with Crippen LogP contribution in [0.2, 0.25) is 0 Å². The number of aromatic nitrogens is 2. The summed E-state index contributed by atoms with van der Waals surface area (Å²) in [6.45, 7) is 10.7. The van der Waals surface area contributed by atoms with Crippen LogP contribution in [0.3, 0.4) is 0 Å². The second-order valence-corrected chi connectivity index (χ2v) is 8.47. The quantitative estimate of drug-likeness (QED) is 0.296. The Labute approximate surface area is 192 Å². The van der Waals surface area contributed by atoms with Crippen molar-refractivity contribution in [3.8, 4) is 0 Å². The minimum atomic E-state index is 0.810. The van der Waals surface area contributed by atoms with E-state index in [-0.39, 0.29) is 0 Å². The van der Waals surface area contributed by atoms with E-state index >= 15 is 0 Å². The zero-order chi connectivity index (χ0) is 22.2. The van der Waals surface area contributed by atoms with Gasteiger partial charge in [-0.2, -0.15) is 0 Å². The van der Waals surface area contributed by atoms with E-state index in [4.69, 9.17) is 4.98 Å². The van der Waals surface area contributed by atoms with Crippen molar-refractivity contribution in [3.05, 3.63) is 78.1 Å². The molecule has 4 heteroatoms. The van der Waals surface area contributed by atoms with Gasteiger partial charge in [0.25, 0.3) is 0 Å². The van der Waals surface area contributed by atoms with Crippen LogP contribution in [0.4, 0.5) is 0 Å². The summed E-state index contributed by atoms with van der Waals surface area (Å²) in [4.78, 5) is 7.28. The van der Waals surface area contributed by atoms with Gasteiger partial charge in [0.15, 0.2) is 0 Å². The monoisotopic (exact) mass is 428 g/mol. The number of hydrogen-bond donors (Lipinski definition) is 1. The van der Waals surface area contributed by atoms with Crippen molar-refractivity contribution >= 4 is 21.8 Å². The van der Waals surface area contributed by atoms with Crippen molar-refractivity contribution in [2.45, 2.75) is 46.2 Å². The minimum Gasteiger partial charge on any atom is -0.339 e. The number of nitrogens with zero attached hydrogens (tertiary/aromatic N) is 3. The molecule has 2 aromatic heterocycles.